The molecule has 7 nitrogen and oxygen atoms in total. The normalized spacial score (nSPS) is 11.4. The molecular formula is C33H38N2O5. The van der Waals surface area contributed by atoms with Crippen molar-refractivity contribution in [1.82, 2.24) is 9.13 Å². The van der Waals surface area contributed by atoms with Crippen LogP contribution in [0.25, 0.3) is 11.1 Å². The lowest BCUT2D eigenvalue weighted by atomic mass is 9.98. The predicted molar refractivity (Wildman–Crippen MR) is 157 cm³/mol. The molecule has 0 fully saturated rings. The van der Waals surface area contributed by atoms with Crippen molar-refractivity contribution in [2.75, 3.05) is 14.2 Å². The summed E-state index contributed by atoms with van der Waals surface area (Å²) in [5, 5.41) is 9.60. The number of ether oxygens (including phenoxy) is 2. The maximum absolute atomic E-state index is 14.0. The molecule has 0 spiro atoms. The first-order valence-electron chi connectivity index (χ1n) is 13.7. The van der Waals surface area contributed by atoms with Crippen molar-refractivity contribution in [3.05, 3.63) is 117 Å². The first-order chi connectivity index (χ1) is 19.3. The van der Waals surface area contributed by atoms with Gasteiger partial charge in [0.1, 0.15) is 0 Å². The van der Waals surface area contributed by atoms with Crippen LogP contribution in [0.2, 0.25) is 0 Å². The van der Waals surface area contributed by atoms with Crippen molar-refractivity contribution in [1.29, 1.82) is 0 Å². The van der Waals surface area contributed by atoms with Gasteiger partial charge >= 0.3 is 11.7 Å². The number of carboxylic acids is 1. The zero-order valence-electron chi connectivity index (χ0n) is 23.7. The van der Waals surface area contributed by atoms with Crippen LogP contribution in [0.1, 0.15) is 59.4 Å². The molecule has 0 unspecified atom stereocenters. The second-order valence-electron chi connectivity index (χ2n) is 10.4. The summed E-state index contributed by atoms with van der Waals surface area (Å²) in [6.45, 7) is 5.24. The fourth-order valence-electron chi connectivity index (χ4n) is 5.09. The van der Waals surface area contributed by atoms with E-state index in [1.165, 1.54) is 0 Å². The van der Waals surface area contributed by atoms with E-state index in [9.17, 15) is 14.7 Å². The average Bonchev–Trinajstić information content (AvgIpc) is 3.22. The predicted octanol–water partition coefficient (Wildman–Crippen LogP) is 6.19. The second-order valence-corrected chi connectivity index (χ2v) is 10.4. The summed E-state index contributed by atoms with van der Waals surface area (Å²) in [5.74, 6) is -0.502. The molecule has 0 aliphatic heterocycles. The van der Waals surface area contributed by atoms with Gasteiger partial charge in [-0.25, -0.2) is 9.59 Å². The summed E-state index contributed by atoms with van der Waals surface area (Å²) >= 11 is 0. The van der Waals surface area contributed by atoms with Crippen molar-refractivity contribution in [3.8, 4) is 11.1 Å². The van der Waals surface area contributed by atoms with Crippen LogP contribution in [0.15, 0.2) is 83.7 Å². The number of hydrogen-bond acceptors (Lipinski definition) is 4. The molecule has 0 atom stereocenters. The number of imidazole rings is 1. The lowest BCUT2D eigenvalue weighted by Gasteiger charge is -2.19. The first-order valence-corrected chi connectivity index (χ1v) is 13.7. The Morgan fingerprint density at radius 3 is 2.10 bits per heavy atom. The fourth-order valence-corrected chi connectivity index (χ4v) is 5.09. The Morgan fingerprint density at radius 1 is 0.825 bits per heavy atom. The Balaban J connectivity index is 1.74. The van der Waals surface area contributed by atoms with Gasteiger partial charge in [-0.2, -0.15) is 0 Å². The second kappa shape index (κ2) is 13.4. The van der Waals surface area contributed by atoms with E-state index >= 15 is 0 Å². The van der Waals surface area contributed by atoms with E-state index in [1.54, 1.807) is 30.9 Å². The number of carbonyl (C=O) groups is 1. The zero-order valence-corrected chi connectivity index (χ0v) is 23.7. The Bertz CT molecular complexity index is 1470. The minimum atomic E-state index is -0.962. The van der Waals surface area contributed by atoms with E-state index in [-0.39, 0.29) is 11.3 Å². The molecule has 3 aromatic carbocycles. The standard InChI is InChI=1S/C33H38N2O5/c1-23(2)14-19-29-30(32(39-3)40-4)34(21-20-24-10-6-5-7-11-24)33(38)35(29)22-25-15-17-26(18-16-25)27-12-8-9-13-28(27)31(36)37/h5-13,15-18,23,32H,14,19-22H2,1-4H3,(H,36,37). The van der Waals surface area contributed by atoms with Crippen LogP contribution in [0, 0.1) is 5.92 Å². The van der Waals surface area contributed by atoms with Crippen molar-refractivity contribution >= 4 is 5.97 Å². The van der Waals surface area contributed by atoms with Crippen LogP contribution >= 0.6 is 0 Å². The van der Waals surface area contributed by atoms with Gasteiger partial charge < -0.3 is 14.6 Å². The van der Waals surface area contributed by atoms with E-state index in [4.69, 9.17) is 9.47 Å². The van der Waals surface area contributed by atoms with Crippen molar-refractivity contribution in [2.45, 2.75) is 52.5 Å². The first kappa shape index (κ1) is 29.1. The fraction of sp³-hybridized carbons (Fsp3) is 0.333. The van der Waals surface area contributed by atoms with Crippen LogP contribution in [0.3, 0.4) is 0 Å². The van der Waals surface area contributed by atoms with Crippen molar-refractivity contribution < 1.29 is 19.4 Å². The van der Waals surface area contributed by atoms with Gasteiger partial charge in [-0.05, 0) is 53.5 Å². The molecule has 7 heteroatoms. The van der Waals surface area contributed by atoms with Crippen molar-refractivity contribution in [3.63, 3.8) is 0 Å². The topological polar surface area (TPSA) is 82.7 Å². The third kappa shape index (κ3) is 6.61. The molecule has 0 saturated heterocycles. The molecule has 0 radical (unpaired) electrons. The molecule has 0 amide bonds. The van der Waals surface area contributed by atoms with Crippen LogP contribution in [-0.2, 0) is 35.4 Å². The Hall–Kier alpha value is -3.94. The maximum atomic E-state index is 14.0. The number of methoxy groups -OCH3 is 2. The van der Waals surface area contributed by atoms with Crippen LogP contribution in [0.5, 0.6) is 0 Å². The van der Waals surface area contributed by atoms with E-state index in [0.717, 1.165) is 34.5 Å². The summed E-state index contributed by atoms with van der Waals surface area (Å²) in [6.07, 6.45) is 1.68. The lowest BCUT2D eigenvalue weighted by Crippen LogP contribution is -2.27. The third-order valence-electron chi connectivity index (χ3n) is 7.21. The molecule has 0 aliphatic rings. The van der Waals surface area contributed by atoms with Gasteiger partial charge in [0.25, 0.3) is 0 Å². The number of benzene rings is 3. The highest BCUT2D eigenvalue weighted by Crippen LogP contribution is 2.27. The summed E-state index contributed by atoms with van der Waals surface area (Å²) in [7, 11) is 3.19. The molecule has 0 bridgehead atoms. The van der Waals surface area contributed by atoms with Gasteiger partial charge in [-0.3, -0.25) is 9.13 Å². The van der Waals surface area contributed by atoms with Crippen LogP contribution in [-0.4, -0.2) is 34.4 Å². The van der Waals surface area contributed by atoms with Gasteiger partial charge in [0.15, 0.2) is 6.29 Å². The number of aryl methyl sites for hydroxylation is 1. The SMILES string of the molecule is COC(OC)c1c(CCC(C)C)n(Cc2ccc(-c3ccccc3C(=O)O)cc2)c(=O)n1CCc1ccccc1. The molecule has 1 heterocycles. The molecule has 40 heavy (non-hydrogen) atoms. The number of rotatable bonds is 13. The number of nitrogens with zero attached hydrogens (tertiary/aromatic N) is 2. The molecule has 0 aliphatic carbocycles. The monoisotopic (exact) mass is 542 g/mol. The number of aromatic carboxylic acids is 1. The molecule has 0 saturated carbocycles. The van der Waals surface area contributed by atoms with Gasteiger partial charge in [-0.15, -0.1) is 0 Å². The van der Waals surface area contributed by atoms with E-state index < -0.39 is 12.3 Å². The van der Waals surface area contributed by atoms with E-state index in [1.807, 2.05) is 59.2 Å². The van der Waals surface area contributed by atoms with Gasteiger partial charge in [0, 0.05) is 26.5 Å². The summed E-state index contributed by atoms with van der Waals surface area (Å²) in [6, 6.07) is 24.8. The van der Waals surface area contributed by atoms with Gasteiger partial charge in [0.2, 0.25) is 0 Å². The summed E-state index contributed by atoms with van der Waals surface area (Å²) in [4.78, 5) is 25.7. The van der Waals surface area contributed by atoms with Crippen LogP contribution in [0.4, 0.5) is 0 Å². The minimum Gasteiger partial charge on any atom is -0.478 e. The Labute approximate surface area is 235 Å². The molecule has 1 aromatic heterocycles. The van der Waals surface area contributed by atoms with Crippen molar-refractivity contribution in [2.24, 2.45) is 5.92 Å². The Kier molecular flexibility index (Phi) is 9.74. The molecular weight excluding hydrogens is 504 g/mol. The summed E-state index contributed by atoms with van der Waals surface area (Å²) < 4.78 is 15.0. The highest BCUT2D eigenvalue weighted by atomic mass is 16.7. The quantitative estimate of drug-likeness (QED) is 0.204. The minimum absolute atomic E-state index is 0.0934. The van der Waals surface area contributed by atoms with Gasteiger partial charge in [0.05, 0.1) is 17.8 Å². The third-order valence-corrected chi connectivity index (χ3v) is 7.21. The number of aromatic nitrogens is 2. The average molecular weight is 543 g/mol. The molecule has 210 valence electrons. The highest BCUT2D eigenvalue weighted by Gasteiger charge is 2.26. The zero-order chi connectivity index (χ0) is 28.6. The largest absolute Gasteiger partial charge is 0.478 e. The molecule has 1 N–H and O–H groups in total. The van der Waals surface area contributed by atoms with E-state index in [0.29, 0.717) is 37.4 Å². The maximum Gasteiger partial charge on any atom is 0.336 e. The summed E-state index contributed by atoms with van der Waals surface area (Å²) in [5.41, 5.74) is 5.42. The molecule has 4 aromatic rings. The van der Waals surface area contributed by atoms with E-state index in [2.05, 4.69) is 26.0 Å². The van der Waals surface area contributed by atoms with Crippen LogP contribution < -0.4 is 5.69 Å². The smallest absolute Gasteiger partial charge is 0.336 e. The number of hydrogen-bond donors (Lipinski definition) is 1. The Morgan fingerprint density at radius 2 is 1.48 bits per heavy atom. The lowest BCUT2D eigenvalue weighted by molar-refractivity contribution is -0.111. The number of carboxylic acid groups (broad SMARTS) is 1. The molecule has 4 rings (SSSR count). The highest BCUT2D eigenvalue weighted by molar-refractivity contribution is 5.95. The van der Waals surface area contributed by atoms with Gasteiger partial charge in [-0.1, -0.05) is 86.6 Å².